The third kappa shape index (κ3) is 3.47. The van der Waals surface area contributed by atoms with Crippen LogP contribution in [0, 0.1) is 11.7 Å². The van der Waals surface area contributed by atoms with Crippen LogP contribution in [0.15, 0.2) is 48.5 Å². The SMILES string of the molecule is O=C(Nc1ccccc1OC(F)F)C1CC1c1ccccc1F. The average Bonchev–Trinajstić information content (AvgIpc) is 3.29. The normalized spacial score (nSPS) is 19.5. The molecule has 2 atom stereocenters. The highest BCUT2D eigenvalue weighted by Crippen LogP contribution is 2.49. The van der Waals surface area contributed by atoms with Crippen LogP contribution in [0.2, 0.25) is 0 Å². The molecular weight excluding hydrogens is 307 g/mol. The third-order valence-corrected chi connectivity index (χ3v) is 3.79. The summed E-state index contributed by atoms with van der Waals surface area (Å²) in [5.74, 6) is -1.32. The molecule has 1 fully saturated rings. The van der Waals surface area contributed by atoms with Gasteiger partial charge < -0.3 is 10.1 Å². The van der Waals surface area contributed by atoms with Crippen LogP contribution in [0.4, 0.5) is 18.9 Å². The largest absolute Gasteiger partial charge is 0.433 e. The van der Waals surface area contributed by atoms with Gasteiger partial charge in [0.1, 0.15) is 11.6 Å². The number of carbonyl (C=O) groups is 1. The van der Waals surface area contributed by atoms with Gasteiger partial charge in [0.15, 0.2) is 0 Å². The van der Waals surface area contributed by atoms with Crippen LogP contribution in [0.1, 0.15) is 17.9 Å². The number of rotatable bonds is 5. The molecule has 0 bridgehead atoms. The van der Waals surface area contributed by atoms with Gasteiger partial charge in [0, 0.05) is 5.92 Å². The quantitative estimate of drug-likeness (QED) is 0.897. The molecule has 1 saturated carbocycles. The standard InChI is InChI=1S/C17H14F3NO2/c18-13-6-2-1-5-10(13)11-9-12(11)16(22)21-14-7-3-4-8-15(14)23-17(19)20/h1-8,11-12,17H,9H2,(H,21,22). The Kier molecular flexibility index (Phi) is 4.23. The zero-order valence-corrected chi connectivity index (χ0v) is 12.0. The minimum atomic E-state index is -2.97. The van der Waals surface area contributed by atoms with Crippen LogP contribution < -0.4 is 10.1 Å². The molecule has 0 saturated heterocycles. The molecule has 0 heterocycles. The van der Waals surface area contributed by atoms with Gasteiger partial charge in [-0.1, -0.05) is 30.3 Å². The van der Waals surface area contributed by atoms with E-state index < -0.39 is 6.61 Å². The first kappa shape index (κ1) is 15.4. The van der Waals surface area contributed by atoms with Gasteiger partial charge >= 0.3 is 6.61 Å². The monoisotopic (exact) mass is 321 g/mol. The fourth-order valence-corrected chi connectivity index (χ4v) is 2.60. The van der Waals surface area contributed by atoms with Gasteiger partial charge in [-0.2, -0.15) is 8.78 Å². The van der Waals surface area contributed by atoms with Crippen molar-refractivity contribution >= 4 is 11.6 Å². The number of para-hydroxylation sites is 2. The van der Waals surface area contributed by atoms with E-state index in [1.165, 1.54) is 24.3 Å². The number of amides is 1. The molecule has 0 aliphatic heterocycles. The number of carbonyl (C=O) groups excluding carboxylic acids is 1. The fourth-order valence-electron chi connectivity index (χ4n) is 2.60. The van der Waals surface area contributed by atoms with Gasteiger partial charge in [0.2, 0.25) is 5.91 Å². The van der Waals surface area contributed by atoms with Gasteiger partial charge in [0.05, 0.1) is 5.69 Å². The topological polar surface area (TPSA) is 38.3 Å². The van der Waals surface area contributed by atoms with Crippen molar-refractivity contribution in [1.82, 2.24) is 0 Å². The smallest absolute Gasteiger partial charge is 0.387 e. The Balaban J connectivity index is 1.69. The van der Waals surface area contributed by atoms with E-state index in [0.29, 0.717) is 12.0 Å². The van der Waals surface area contributed by atoms with Crippen LogP contribution in [-0.4, -0.2) is 12.5 Å². The summed E-state index contributed by atoms with van der Waals surface area (Å²) in [4.78, 5) is 12.2. The van der Waals surface area contributed by atoms with Crippen molar-refractivity contribution in [3.63, 3.8) is 0 Å². The molecule has 3 rings (SSSR count). The second-order valence-corrected chi connectivity index (χ2v) is 5.33. The molecule has 1 aliphatic carbocycles. The van der Waals surface area contributed by atoms with Crippen molar-refractivity contribution in [3.05, 3.63) is 59.9 Å². The summed E-state index contributed by atoms with van der Waals surface area (Å²) in [7, 11) is 0. The van der Waals surface area contributed by atoms with E-state index in [-0.39, 0.29) is 35.0 Å². The van der Waals surface area contributed by atoms with Gasteiger partial charge in [0.25, 0.3) is 0 Å². The Labute approximate surface area is 131 Å². The fraction of sp³-hybridized carbons (Fsp3) is 0.235. The number of hydrogen-bond acceptors (Lipinski definition) is 2. The Morgan fingerprint density at radius 1 is 1.13 bits per heavy atom. The summed E-state index contributed by atoms with van der Waals surface area (Å²) < 4.78 is 42.8. The molecule has 0 aromatic heterocycles. The Morgan fingerprint density at radius 3 is 2.57 bits per heavy atom. The molecule has 23 heavy (non-hydrogen) atoms. The predicted molar refractivity (Wildman–Crippen MR) is 79.0 cm³/mol. The molecule has 1 amide bonds. The highest BCUT2D eigenvalue weighted by atomic mass is 19.3. The maximum atomic E-state index is 13.7. The van der Waals surface area contributed by atoms with Gasteiger partial charge in [-0.05, 0) is 36.1 Å². The van der Waals surface area contributed by atoms with Gasteiger partial charge in [-0.15, -0.1) is 0 Å². The predicted octanol–water partition coefficient (Wildman–Crippen LogP) is 4.17. The Morgan fingerprint density at radius 2 is 1.83 bits per heavy atom. The van der Waals surface area contributed by atoms with Crippen molar-refractivity contribution in [1.29, 1.82) is 0 Å². The molecule has 2 unspecified atom stereocenters. The zero-order valence-electron chi connectivity index (χ0n) is 12.0. The maximum Gasteiger partial charge on any atom is 0.387 e. The van der Waals surface area contributed by atoms with Crippen molar-refractivity contribution in [2.24, 2.45) is 5.92 Å². The summed E-state index contributed by atoms with van der Waals surface area (Å²) in [6.07, 6.45) is 0.532. The van der Waals surface area contributed by atoms with Crippen LogP contribution in [0.3, 0.4) is 0 Å². The first-order valence-electron chi connectivity index (χ1n) is 7.15. The highest BCUT2D eigenvalue weighted by molar-refractivity contribution is 5.96. The minimum Gasteiger partial charge on any atom is -0.433 e. The van der Waals surface area contributed by atoms with Crippen molar-refractivity contribution in [3.8, 4) is 5.75 Å². The molecule has 6 heteroatoms. The average molecular weight is 321 g/mol. The van der Waals surface area contributed by atoms with E-state index >= 15 is 0 Å². The Hall–Kier alpha value is -2.50. The van der Waals surface area contributed by atoms with E-state index in [0.717, 1.165) is 0 Å². The van der Waals surface area contributed by atoms with E-state index in [1.54, 1.807) is 24.3 Å². The summed E-state index contributed by atoms with van der Waals surface area (Å²) in [5, 5.41) is 2.58. The third-order valence-electron chi connectivity index (χ3n) is 3.79. The van der Waals surface area contributed by atoms with Crippen LogP contribution >= 0.6 is 0 Å². The molecule has 2 aromatic carbocycles. The lowest BCUT2D eigenvalue weighted by Gasteiger charge is -2.11. The molecule has 2 aromatic rings. The minimum absolute atomic E-state index is 0.0982. The van der Waals surface area contributed by atoms with E-state index in [2.05, 4.69) is 10.1 Å². The number of ether oxygens (including phenoxy) is 1. The van der Waals surface area contributed by atoms with E-state index in [1.807, 2.05) is 0 Å². The second-order valence-electron chi connectivity index (χ2n) is 5.33. The number of nitrogens with one attached hydrogen (secondary N) is 1. The van der Waals surface area contributed by atoms with Crippen molar-refractivity contribution < 1.29 is 22.7 Å². The lowest BCUT2D eigenvalue weighted by atomic mass is 10.1. The summed E-state index contributed by atoms with van der Waals surface area (Å²) in [6, 6.07) is 12.3. The first-order chi connectivity index (χ1) is 11.1. The lowest BCUT2D eigenvalue weighted by Crippen LogP contribution is -2.16. The number of benzene rings is 2. The summed E-state index contributed by atoms with van der Waals surface area (Å²) >= 11 is 0. The number of anilines is 1. The van der Waals surface area contributed by atoms with Crippen molar-refractivity contribution in [2.45, 2.75) is 19.0 Å². The zero-order chi connectivity index (χ0) is 16.4. The number of halogens is 3. The molecule has 0 spiro atoms. The van der Waals surface area contributed by atoms with E-state index in [9.17, 15) is 18.0 Å². The Bertz CT molecular complexity index is 720. The van der Waals surface area contributed by atoms with Gasteiger partial charge in [-0.3, -0.25) is 4.79 Å². The van der Waals surface area contributed by atoms with E-state index in [4.69, 9.17) is 0 Å². The van der Waals surface area contributed by atoms with Crippen LogP contribution in [0.5, 0.6) is 5.75 Å². The first-order valence-corrected chi connectivity index (χ1v) is 7.15. The maximum absolute atomic E-state index is 13.7. The molecule has 1 aliphatic rings. The molecule has 1 N–H and O–H groups in total. The molecular formula is C17H14F3NO2. The number of alkyl halides is 2. The van der Waals surface area contributed by atoms with Crippen LogP contribution in [-0.2, 0) is 4.79 Å². The number of hydrogen-bond donors (Lipinski definition) is 1. The molecule has 3 nitrogen and oxygen atoms in total. The lowest BCUT2D eigenvalue weighted by molar-refractivity contribution is -0.117. The molecule has 0 radical (unpaired) electrons. The summed E-state index contributed by atoms with van der Waals surface area (Å²) in [5.41, 5.74) is 0.682. The summed E-state index contributed by atoms with van der Waals surface area (Å²) in [6.45, 7) is -2.97. The molecule has 120 valence electrons. The highest BCUT2D eigenvalue weighted by Gasteiger charge is 2.45. The van der Waals surface area contributed by atoms with Crippen molar-refractivity contribution in [2.75, 3.05) is 5.32 Å². The second kappa shape index (κ2) is 6.32. The van der Waals surface area contributed by atoms with Crippen LogP contribution in [0.25, 0.3) is 0 Å². The van der Waals surface area contributed by atoms with Gasteiger partial charge in [-0.25, -0.2) is 4.39 Å².